The van der Waals surface area contributed by atoms with Crippen molar-refractivity contribution in [2.45, 2.75) is 96.9 Å². The number of ether oxygens (including phenoxy) is 1. The summed E-state index contributed by atoms with van der Waals surface area (Å²) in [6.45, 7) is 7.26. The summed E-state index contributed by atoms with van der Waals surface area (Å²) in [6.07, 6.45) is 4.70. The van der Waals surface area contributed by atoms with Crippen LogP contribution in [0.3, 0.4) is 0 Å². The highest BCUT2D eigenvalue weighted by atomic mass is 35.5. The average molecular weight is 684 g/mol. The molecule has 0 aromatic heterocycles. The number of aliphatic hydroxyl groups excluding tert-OH is 2. The van der Waals surface area contributed by atoms with Crippen molar-refractivity contribution in [1.29, 1.82) is 0 Å². The minimum absolute atomic E-state index is 0.0646. The maximum Gasteiger partial charge on any atom is 0.410 e. The lowest BCUT2D eigenvalue weighted by Crippen LogP contribution is -2.62. The van der Waals surface area contributed by atoms with Crippen LogP contribution in [-0.2, 0) is 19.6 Å². The van der Waals surface area contributed by atoms with Gasteiger partial charge in [0.05, 0.1) is 18.0 Å². The molecule has 4 rings (SSSR count). The SMILES string of the molecule is C[C@H](CCC(=O)NCCS(=O)(=O)O)[C@H]1CC[C@H]2[C@@H]3[C@H](O)CC4C[C@H](OC(=O)N(CCCl)CCCl)CC[C@]4(C)[C@H]3C[C@H](O)[C@]12C. The van der Waals surface area contributed by atoms with Crippen LogP contribution in [0.25, 0.3) is 0 Å². The van der Waals surface area contributed by atoms with E-state index in [1.807, 2.05) is 0 Å². The fourth-order valence-electron chi connectivity index (χ4n) is 9.91. The van der Waals surface area contributed by atoms with Gasteiger partial charge in [-0.2, -0.15) is 8.42 Å². The fraction of sp³-hybridized carbons (Fsp3) is 0.935. The number of halogens is 2. The molecule has 1 unspecified atom stereocenters. The highest BCUT2D eigenvalue weighted by Crippen LogP contribution is 2.68. The van der Waals surface area contributed by atoms with Crippen molar-refractivity contribution in [2.75, 3.05) is 37.1 Å². The standard InChI is InChI=1S/C31H52Cl2N2O8S/c1-19(4-7-27(38)34-12-15-44(40,41)42)22-5-6-23-28-24(18-26(37)31(22,23)3)30(2)9-8-21(16-20(30)17-25(28)36)43-29(39)35(13-10-32)14-11-33/h19-26,28,36-37H,4-18H2,1-3H3,(H,34,38)(H,40,41,42)/t19-,20?,21-,22-,23+,24+,25-,26+,28+,30+,31-/m1/s1. The third-order valence-corrected chi connectivity index (χ3v) is 13.3. The molecule has 0 radical (unpaired) electrons. The van der Waals surface area contributed by atoms with E-state index in [0.29, 0.717) is 50.5 Å². The lowest BCUT2D eigenvalue weighted by Gasteiger charge is -2.63. The molecule has 44 heavy (non-hydrogen) atoms. The van der Waals surface area contributed by atoms with Crippen molar-refractivity contribution in [1.82, 2.24) is 10.2 Å². The van der Waals surface area contributed by atoms with Crippen molar-refractivity contribution in [3.8, 4) is 0 Å². The summed E-state index contributed by atoms with van der Waals surface area (Å²) in [7, 11) is -4.13. The molecule has 4 N–H and O–H groups in total. The number of amides is 2. The molecule has 0 aromatic carbocycles. The van der Waals surface area contributed by atoms with E-state index in [1.54, 1.807) is 4.90 Å². The fourth-order valence-corrected chi connectivity index (χ4v) is 10.7. The Bertz CT molecular complexity index is 1120. The lowest BCUT2D eigenvalue weighted by atomic mass is 9.43. The first kappa shape index (κ1) is 36.0. The molecule has 0 aromatic rings. The number of aliphatic hydroxyl groups is 2. The Morgan fingerprint density at radius 2 is 1.73 bits per heavy atom. The Morgan fingerprint density at radius 3 is 2.36 bits per heavy atom. The van der Waals surface area contributed by atoms with Crippen molar-refractivity contribution in [3.05, 3.63) is 0 Å². The Labute approximate surface area is 272 Å². The number of carbonyl (C=O) groups is 2. The first-order chi connectivity index (χ1) is 20.7. The summed E-state index contributed by atoms with van der Waals surface area (Å²) in [4.78, 5) is 26.7. The van der Waals surface area contributed by atoms with Crippen LogP contribution in [0.5, 0.6) is 0 Å². The van der Waals surface area contributed by atoms with E-state index >= 15 is 0 Å². The van der Waals surface area contributed by atoms with Gasteiger partial charge in [0.15, 0.2) is 0 Å². The van der Waals surface area contributed by atoms with Crippen LogP contribution < -0.4 is 5.32 Å². The highest BCUT2D eigenvalue weighted by Gasteiger charge is 2.65. The van der Waals surface area contributed by atoms with Crippen LogP contribution in [0.15, 0.2) is 0 Å². The summed E-state index contributed by atoms with van der Waals surface area (Å²) >= 11 is 11.7. The number of alkyl halides is 2. The molecule has 254 valence electrons. The molecule has 0 bridgehead atoms. The second-order valence-corrected chi connectivity index (χ2v) is 16.7. The van der Waals surface area contributed by atoms with E-state index in [2.05, 4.69) is 26.1 Å². The summed E-state index contributed by atoms with van der Waals surface area (Å²) < 4.78 is 36.7. The zero-order valence-corrected chi connectivity index (χ0v) is 28.6. The summed E-state index contributed by atoms with van der Waals surface area (Å²) in [5.41, 5.74) is -0.432. The Morgan fingerprint density at radius 1 is 1.05 bits per heavy atom. The van der Waals surface area contributed by atoms with Crippen molar-refractivity contribution in [3.63, 3.8) is 0 Å². The molecule has 0 aliphatic heterocycles. The van der Waals surface area contributed by atoms with Crippen LogP contribution in [0, 0.1) is 46.3 Å². The molecule has 10 nitrogen and oxygen atoms in total. The largest absolute Gasteiger partial charge is 0.446 e. The number of nitrogens with one attached hydrogen (secondary N) is 1. The van der Waals surface area contributed by atoms with Gasteiger partial charge in [0.25, 0.3) is 10.1 Å². The van der Waals surface area contributed by atoms with E-state index in [4.69, 9.17) is 32.5 Å². The topological polar surface area (TPSA) is 153 Å². The van der Waals surface area contributed by atoms with Gasteiger partial charge in [-0.25, -0.2) is 4.79 Å². The number of hydrogen-bond donors (Lipinski definition) is 4. The van der Waals surface area contributed by atoms with E-state index in [0.717, 1.165) is 25.7 Å². The quantitative estimate of drug-likeness (QED) is 0.176. The first-order valence-electron chi connectivity index (χ1n) is 16.3. The normalized spacial score (nSPS) is 39.0. The predicted octanol–water partition coefficient (Wildman–Crippen LogP) is 4.29. The predicted molar refractivity (Wildman–Crippen MR) is 169 cm³/mol. The average Bonchev–Trinajstić information content (AvgIpc) is 3.30. The summed E-state index contributed by atoms with van der Waals surface area (Å²) in [5, 5.41) is 26.1. The highest BCUT2D eigenvalue weighted by molar-refractivity contribution is 7.85. The van der Waals surface area contributed by atoms with E-state index in [-0.39, 0.29) is 77.4 Å². The van der Waals surface area contributed by atoms with Crippen molar-refractivity contribution < 1.29 is 37.5 Å². The van der Waals surface area contributed by atoms with E-state index in [1.165, 1.54) is 0 Å². The smallest absolute Gasteiger partial charge is 0.410 e. The van der Waals surface area contributed by atoms with Gasteiger partial charge in [-0.3, -0.25) is 9.35 Å². The molecule has 0 saturated heterocycles. The van der Waals surface area contributed by atoms with Crippen LogP contribution in [-0.4, -0.2) is 95.5 Å². The molecular formula is C31H52Cl2N2O8S. The number of rotatable bonds is 12. The second kappa shape index (κ2) is 14.5. The maximum atomic E-state index is 12.8. The van der Waals surface area contributed by atoms with Gasteiger partial charge in [0, 0.05) is 37.8 Å². The molecule has 4 aliphatic rings. The molecule has 4 fully saturated rings. The van der Waals surface area contributed by atoms with Gasteiger partial charge in [-0.1, -0.05) is 20.8 Å². The summed E-state index contributed by atoms with van der Waals surface area (Å²) in [6, 6.07) is 0. The third-order valence-electron chi connectivity index (χ3n) is 12.2. The zero-order valence-electron chi connectivity index (χ0n) is 26.3. The van der Waals surface area contributed by atoms with Gasteiger partial charge in [0.2, 0.25) is 5.91 Å². The molecule has 0 heterocycles. The number of carbonyl (C=O) groups excluding carboxylic acids is 2. The van der Waals surface area contributed by atoms with Gasteiger partial charge in [-0.05, 0) is 97.7 Å². The van der Waals surface area contributed by atoms with Gasteiger partial charge >= 0.3 is 6.09 Å². The molecule has 11 atom stereocenters. The van der Waals surface area contributed by atoms with Crippen LogP contribution in [0.2, 0.25) is 0 Å². The number of fused-ring (bicyclic) bond motifs is 5. The molecular weight excluding hydrogens is 631 g/mol. The van der Waals surface area contributed by atoms with Crippen LogP contribution in [0.4, 0.5) is 4.79 Å². The molecule has 4 saturated carbocycles. The maximum absolute atomic E-state index is 12.8. The summed E-state index contributed by atoms with van der Waals surface area (Å²) in [5.74, 6) is 0.843. The number of hydrogen-bond acceptors (Lipinski definition) is 7. The van der Waals surface area contributed by atoms with Crippen molar-refractivity contribution in [2.24, 2.45) is 46.3 Å². The molecule has 0 spiro atoms. The first-order valence-corrected chi connectivity index (χ1v) is 19.0. The van der Waals surface area contributed by atoms with Crippen LogP contribution >= 0.6 is 23.2 Å². The second-order valence-electron chi connectivity index (χ2n) is 14.4. The number of nitrogens with zero attached hydrogens (tertiary/aromatic N) is 1. The lowest BCUT2D eigenvalue weighted by molar-refractivity contribution is -0.207. The van der Waals surface area contributed by atoms with Gasteiger partial charge in [0.1, 0.15) is 6.10 Å². The monoisotopic (exact) mass is 682 g/mol. The molecule has 2 amide bonds. The Balaban J connectivity index is 1.40. The third kappa shape index (κ3) is 7.48. The van der Waals surface area contributed by atoms with Gasteiger partial charge in [-0.15, -0.1) is 23.2 Å². The van der Waals surface area contributed by atoms with Crippen LogP contribution in [0.1, 0.15) is 78.6 Å². The van der Waals surface area contributed by atoms with Crippen molar-refractivity contribution >= 4 is 45.3 Å². The minimum atomic E-state index is -4.13. The van der Waals surface area contributed by atoms with E-state index < -0.39 is 28.1 Å². The van der Waals surface area contributed by atoms with Gasteiger partial charge < -0.3 is 25.2 Å². The zero-order chi connectivity index (χ0) is 32.4. The Hall–Kier alpha value is -0.850. The Kier molecular flexibility index (Phi) is 11.9. The van der Waals surface area contributed by atoms with E-state index in [9.17, 15) is 28.2 Å². The minimum Gasteiger partial charge on any atom is -0.446 e. The molecule has 4 aliphatic carbocycles. The molecule has 13 heteroatoms.